The Morgan fingerprint density at radius 2 is 2.10 bits per heavy atom. The molecule has 31 heavy (non-hydrogen) atoms. The van der Waals surface area contributed by atoms with Crippen LogP contribution >= 0.6 is 23.1 Å². The minimum atomic E-state index is -0.0196. The first kappa shape index (κ1) is 21.7. The smallest absolute Gasteiger partial charge is 0.230 e. The number of nitrogens with zero attached hydrogens (tertiary/aromatic N) is 3. The van der Waals surface area contributed by atoms with Crippen LogP contribution < -0.4 is 10.1 Å². The van der Waals surface area contributed by atoms with E-state index < -0.39 is 0 Å². The van der Waals surface area contributed by atoms with Crippen molar-refractivity contribution in [1.82, 2.24) is 20.5 Å². The highest BCUT2D eigenvalue weighted by Crippen LogP contribution is 2.35. The Hall–Kier alpha value is -2.49. The average Bonchev–Trinajstić information content (AvgIpc) is 3.46. The minimum absolute atomic E-state index is 0.0196. The normalized spacial score (nSPS) is 15.7. The van der Waals surface area contributed by atoms with E-state index in [0.29, 0.717) is 17.3 Å². The average molecular weight is 457 g/mol. The fraction of sp³-hybridized carbons (Fsp3) is 0.364. The Balaban J connectivity index is 1.35. The molecule has 9 heteroatoms. The summed E-state index contributed by atoms with van der Waals surface area (Å²) in [6.45, 7) is 3.34. The van der Waals surface area contributed by atoms with Crippen molar-refractivity contribution in [3.63, 3.8) is 0 Å². The van der Waals surface area contributed by atoms with Crippen LogP contribution in [0.5, 0.6) is 5.75 Å². The van der Waals surface area contributed by atoms with Gasteiger partial charge in [0.2, 0.25) is 5.91 Å². The summed E-state index contributed by atoms with van der Waals surface area (Å²) in [7, 11) is 1.65. The monoisotopic (exact) mass is 456 g/mol. The maximum atomic E-state index is 12.0. The number of hydrogen-bond donors (Lipinski definition) is 1. The molecule has 0 unspecified atom stereocenters. The lowest BCUT2D eigenvalue weighted by molar-refractivity contribution is -0.119. The van der Waals surface area contributed by atoms with Gasteiger partial charge >= 0.3 is 0 Å². The zero-order valence-electron chi connectivity index (χ0n) is 17.5. The summed E-state index contributed by atoms with van der Waals surface area (Å²) in [5.41, 5.74) is 2.73. The highest BCUT2D eigenvalue weighted by Gasteiger charge is 2.17. The molecule has 1 atom stereocenters. The summed E-state index contributed by atoms with van der Waals surface area (Å²) in [4.78, 5) is 17.7. The van der Waals surface area contributed by atoms with Crippen LogP contribution in [-0.4, -0.2) is 53.2 Å². The lowest BCUT2D eigenvalue weighted by atomic mass is 10.2. The largest absolute Gasteiger partial charge is 0.497 e. The molecule has 1 aliphatic rings. The predicted octanol–water partition coefficient (Wildman–Crippen LogP) is 3.97. The van der Waals surface area contributed by atoms with E-state index in [1.807, 2.05) is 43.3 Å². The number of aryl methyl sites for hydroxylation is 1. The van der Waals surface area contributed by atoms with E-state index in [2.05, 4.69) is 20.5 Å². The highest BCUT2D eigenvalue weighted by molar-refractivity contribution is 7.99. The van der Waals surface area contributed by atoms with E-state index in [1.165, 1.54) is 11.8 Å². The summed E-state index contributed by atoms with van der Waals surface area (Å²) in [6.07, 6.45) is 2.23. The number of thiazole rings is 1. The van der Waals surface area contributed by atoms with Gasteiger partial charge < -0.3 is 14.8 Å². The molecule has 0 aliphatic carbocycles. The maximum Gasteiger partial charge on any atom is 0.230 e. The SMILES string of the molecule is COc1ccc(-c2nc(C)c(-c3ccc(SCC(=O)NC[C@@H]4CCCO4)nn3)s2)cc1. The Bertz CT molecular complexity index is 1020. The second kappa shape index (κ2) is 10.2. The number of carbonyl (C=O) groups excluding carboxylic acids is 1. The molecule has 0 radical (unpaired) electrons. The molecule has 1 N–H and O–H groups in total. The number of ether oxygens (including phenoxy) is 2. The van der Waals surface area contributed by atoms with E-state index in [-0.39, 0.29) is 12.0 Å². The van der Waals surface area contributed by atoms with Crippen LogP contribution in [0.4, 0.5) is 0 Å². The number of methoxy groups -OCH3 is 1. The van der Waals surface area contributed by atoms with Crippen LogP contribution in [0.3, 0.4) is 0 Å². The second-order valence-electron chi connectivity index (χ2n) is 7.15. The van der Waals surface area contributed by atoms with Gasteiger partial charge in [-0.05, 0) is 56.2 Å². The van der Waals surface area contributed by atoms with Crippen LogP contribution in [0.25, 0.3) is 21.1 Å². The third-order valence-corrected chi connectivity index (χ3v) is 7.06. The summed E-state index contributed by atoms with van der Waals surface area (Å²) in [5, 5.41) is 13.2. The van der Waals surface area contributed by atoms with E-state index in [4.69, 9.17) is 9.47 Å². The van der Waals surface area contributed by atoms with E-state index in [1.54, 1.807) is 18.4 Å². The van der Waals surface area contributed by atoms with E-state index in [9.17, 15) is 4.79 Å². The highest BCUT2D eigenvalue weighted by atomic mass is 32.2. The van der Waals surface area contributed by atoms with Crippen molar-refractivity contribution in [2.75, 3.05) is 26.0 Å². The zero-order valence-corrected chi connectivity index (χ0v) is 19.1. The Morgan fingerprint density at radius 3 is 2.77 bits per heavy atom. The van der Waals surface area contributed by atoms with Crippen LogP contribution in [0.2, 0.25) is 0 Å². The molecule has 7 nitrogen and oxygen atoms in total. The Labute approximate surface area is 189 Å². The number of carbonyl (C=O) groups is 1. The van der Waals surface area contributed by atoms with Crippen molar-refractivity contribution in [3.05, 3.63) is 42.1 Å². The first-order chi connectivity index (χ1) is 15.1. The molecule has 162 valence electrons. The van der Waals surface area contributed by atoms with Gasteiger partial charge in [0.1, 0.15) is 21.5 Å². The van der Waals surface area contributed by atoms with Crippen LogP contribution in [-0.2, 0) is 9.53 Å². The van der Waals surface area contributed by atoms with Gasteiger partial charge in [0.15, 0.2) is 0 Å². The quantitative estimate of drug-likeness (QED) is 0.513. The Morgan fingerprint density at radius 1 is 1.26 bits per heavy atom. The van der Waals surface area contributed by atoms with Crippen molar-refractivity contribution < 1.29 is 14.3 Å². The van der Waals surface area contributed by atoms with Gasteiger partial charge in [0, 0.05) is 18.7 Å². The number of aromatic nitrogens is 3. The van der Waals surface area contributed by atoms with Crippen molar-refractivity contribution in [3.8, 4) is 26.9 Å². The summed E-state index contributed by atoms with van der Waals surface area (Å²) < 4.78 is 10.7. The molecule has 1 aliphatic heterocycles. The molecular formula is C22H24N4O3S2. The molecule has 1 amide bonds. The summed E-state index contributed by atoms with van der Waals surface area (Å²) in [5.74, 6) is 1.10. The standard InChI is InChI=1S/C22H24N4O3S2/c1-14-21(31-22(24-14)15-5-7-16(28-2)8-6-15)18-9-10-20(26-25-18)30-13-19(27)23-12-17-4-3-11-29-17/h5-10,17H,3-4,11-13H2,1-2H3,(H,23,27)/t17-/m0/s1. The van der Waals surface area contributed by atoms with Crippen LogP contribution in [0.1, 0.15) is 18.5 Å². The van der Waals surface area contributed by atoms with Crippen molar-refractivity contribution in [1.29, 1.82) is 0 Å². The predicted molar refractivity (Wildman–Crippen MR) is 123 cm³/mol. The molecule has 3 heterocycles. The Kier molecular flexibility index (Phi) is 7.16. The molecule has 1 fully saturated rings. The zero-order chi connectivity index (χ0) is 21.6. The van der Waals surface area contributed by atoms with Crippen molar-refractivity contribution in [2.45, 2.75) is 30.9 Å². The molecule has 3 aromatic rings. The second-order valence-corrected chi connectivity index (χ2v) is 9.14. The lowest BCUT2D eigenvalue weighted by Crippen LogP contribution is -2.32. The first-order valence-corrected chi connectivity index (χ1v) is 11.9. The van der Waals surface area contributed by atoms with E-state index >= 15 is 0 Å². The molecule has 1 aromatic carbocycles. The topological polar surface area (TPSA) is 86.2 Å². The molecule has 0 bridgehead atoms. The van der Waals surface area contributed by atoms with Crippen LogP contribution in [0, 0.1) is 6.92 Å². The van der Waals surface area contributed by atoms with Gasteiger partial charge in [-0.15, -0.1) is 21.5 Å². The lowest BCUT2D eigenvalue weighted by Gasteiger charge is -2.10. The van der Waals surface area contributed by atoms with Gasteiger partial charge in [-0.25, -0.2) is 4.98 Å². The molecule has 2 aromatic heterocycles. The molecule has 0 spiro atoms. The third kappa shape index (κ3) is 5.61. The van der Waals surface area contributed by atoms with Gasteiger partial charge in [-0.3, -0.25) is 4.79 Å². The van der Waals surface area contributed by atoms with Gasteiger partial charge in [0.25, 0.3) is 0 Å². The number of nitrogens with one attached hydrogen (secondary N) is 1. The van der Waals surface area contributed by atoms with Gasteiger partial charge in [0.05, 0.1) is 29.5 Å². The fourth-order valence-corrected chi connectivity index (χ4v) is 4.91. The fourth-order valence-electron chi connectivity index (χ4n) is 3.23. The summed E-state index contributed by atoms with van der Waals surface area (Å²) in [6, 6.07) is 11.7. The van der Waals surface area contributed by atoms with Gasteiger partial charge in [-0.1, -0.05) is 11.8 Å². The van der Waals surface area contributed by atoms with Crippen molar-refractivity contribution in [2.24, 2.45) is 0 Å². The molecule has 0 saturated carbocycles. The number of benzene rings is 1. The summed E-state index contributed by atoms with van der Waals surface area (Å²) >= 11 is 2.96. The number of hydrogen-bond acceptors (Lipinski definition) is 8. The number of thioether (sulfide) groups is 1. The minimum Gasteiger partial charge on any atom is -0.497 e. The van der Waals surface area contributed by atoms with Gasteiger partial charge in [-0.2, -0.15) is 0 Å². The molecule has 4 rings (SSSR count). The van der Waals surface area contributed by atoms with Crippen LogP contribution in [0.15, 0.2) is 41.4 Å². The molecular weight excluding hydrogens is 432 g/mol. The number of rotatable bonds is 8. The molecule has 1 saturated heterocycles. The maximum absolute atomic E-state index is 12.0. The van der Waals surface area contributed by atoms with E-state index in [0.717, 1.165) is 52.0 Å². The first-order valence-electron chi connectivity index (χ1n) is 10.1. The van der Waals surface area contributed by atoms with Crippen molar-refractivity contribution >= 4 is 29.0 Å². The number of amides is 1. The third-order valence-electron chi connectivity index (χ3n) is 4.91.